The van der Waals surface area contributed by atoms with Crippen molar-refractivity contribution in [3.63, 3.8) is 0 Å². The average molecular weight is 432 g/mol. The molecule has 0 aromatic heterocycles. The summed E-state index contributed by atoms with van der Waals surface area (Å²) in [4.78, 5) is 24.0. The summed E-state index contributed by atoms with van der Waals surface area (Å²) in [5.41, 5.74) is 0.520. The second-order valence-corrected chi connectivity index (χ2v) is 6.54. The van der Waals surface area contributed by atoms with Gasteiger partial charge in [-0.3, -0.25) is 19.8 Å². The van der Waals surface area contributed by atoms with E-state index in [-0.39, 0.29) is 30.9 Å². The van der Waals surface area contributed by atoms with Gasteiger partial charge in [0.1, 0.15) is 5.75 Å². The predicted octanol–water partition coefficient (Wildman–Crippen LogP) is 3.90. The summed E-state index contributed by atoms with van der Waals surface area (Å²) >= 11 is 6.04. The number of nitro benzene ring substituents is 1. The van der Waals surface area contributed by atoms with Crippen molar-refractivity contribution < 1.29 is 27.6 Å². The molecule has 0 radical (unpaired) electrons. The number of halogens is 4. The third kappa shape index (κ3) is 7.24. The first-order valence-electron chi connectivity index (χ1n) is 8.27. The van der Waals surface area contributed by atoms with Crippen LogP contribution < -0.4 is 10.1 Å². The number of non-ortho nitro benzene ring substituents is 1. The lowest BCUT2D eigenvalue weighted by molar-refractivity contribution is -0.384. The van der Waals surface area contributed by atoms with Crippen molar-refractivity contribution in [1.29, 1.82) is 0 Å². The van der Waals surface area contributed by atoms with Gasteiger partial charge in [0.25, 0.3) is 5.69 Å². The molecule has 0 unspecified atom stereocenters. The van der Waals surface area contributed by atoms with E-state index in [2.05, 4.69) is 10.1 Å². The van der Waals surface area contributed by atoms with Crippen LogP contribution in [0.2, 0.25) is 5.02 Å². The van der Waals surface area contributed by atoms with E-state index >= 15 is 0 Å². The summed E-state index contributed by atoms with van der Waals surface area (Å²) < 4.78 is 41.3. The molecule has 1 amide bonds. The molecule has 0 saturated heterocycles. The van der Waals surface area contributed by atoms with Crippen LogP contribution in [0.5, 0.6) is 5.75 Å². The van der Waals surface area contributed by atoms with Crippen LogP contribution >= 0.6 is 11.6 Å². The molecule has 0 aliphatic rings. The highest BCUT2D eigenvalue weighted by Crippen LogP contribution is 2.26. The van der Waals surface area contributed by atoms with E-state index in [4.69, 9.17) is 11.6 Å². The molecule has 2 rings (SSSR count). The molecule has 0 heterocycles. The maximum atomic E-state index is 12.4. The Hall–Kier alpha value is -2.85. The second kappa shape index (κ2) is 9.57. The van der Waals surface area contributed by atoms with Crippen molar-refractivity contribution >= 4 is 23.2 Å². The zero-order valence-corrected chi connectivity index (χ0v) is 16.0. The number of ether oxygens (including phenoxy) is 1. The first-order chi connectivity index (χ1) is 13.5. The van der Waals surface area contributed by atoms with Crippen molar-refractivity contribution in [3.8, 4) is 5.75 Å². The smallest absolute Gasteiger partial charge is 0.405 e. The first kappa shape index (κ1) is 22.4. The van der Waals surface area contributed by atoms with E-state index in [0.29, 0.717) is 10.6 Å². The highest BCUT2D eigenvalue weighted by Gasteiger charge is 2.32. The molecule has 29 heavy (non-hydrogen) atoms. The molecule has 1 N–H and O–H groups in total. The van der Waals surface area contributed by atoms with Gasteiger partial charge in [-0.15, -0.1) is 13.2 Å². The van der Waals surface area contributed by atoms with E-state index in [1.807, 2.05) is 0 Å². The lowest BCUT2D eigenvalue weighted by atomic mass is 10.2. The number of nitro groups is 1. The largest absolute Gasteiger partial charge is 0.573 e. The monoisotopic (exact) mass is 431 g/mol. The van der Waals surface area contributed by atoms with Crippen molar-refractivity contribution in [3.05, 3.63) is 68.7 Å². The normalized spacial score (nSPS) is 11.4. The van der Waals surface area contributed by atoms with Gasteiger partial charge in [-0.2, -0.15) is 0 Å². The van der Waals surface area contributed by atoms with E-state index in [1.165, 1.54) is 36.4 Å². The van der Waals surface area contributed by atoms with E-state index in [1.54, 1.807) is 11.9 Å². The summed E-state index contributed by atoms with van der Waals surface area (Å²) in [7, 11) is 1.61. The molecule has 2 aromatic carbocycles. The Kier molecular flexibility index (Phi) is 7.40. The fourth-order valence-electron chi connectivity index (χ4n) is 2.51. The number of benzene rings is 2. The molecule has 0 aliphatic heterocycles. The van der Waals surface area contributed by atoms with Gasteiger partial charge in [0.15, 0.2) is 0 Å². The molecule has 0 fully saturated rings. The van der Waals surface area contributed by atoms with Crippen molar-refractivity contribution in [2.24, 2.45) is 0 Å². The van der Waals surface area contributed by atoms with Crippen molar-refractivity contribution in [2.75, 3.05) is 13.6 Å². The topological polar surface area (TPSA) is 84.7 Å². The summed E-state index contributed by atoms with van der Waals surface area (Å²) in [6.07, 6.45) is -4.84. The Labute approximate surface area is 169 Å². The maximum Gasteiger partial charge on any atom is 0.573 e. The number of hydrogen-bond acceptors (Lipinski definition) is 5. The molecular formula is C18H17ClF3N3O4. The fourth-order valence-corrected chi connectivity index (χ4v) is 2.69. The molecule has 0 spiro atoms. The van der Waals surface area contributed by atoms with Gasteiger partial charge in [-0.05, 0) is 24.7 Å². The van der Waals surface area contributed by atoms with Crippen molar-refractivity contribution in [1.82, 2.24) is 10.2 Å². The molecule has 2 aromatic rings. The molecule has 0 aliphatic carbocycles. The predicted molar refractivity (Wildman–Crippen MR) is 99.4 cm³/mol. The van der Waals surface area contributed by atoms with E-state index in [9.17, 15) is 28.1 Å². The molecule has 0 bridgehead atoms. The van der Waals surface area contributed by atoms with Gasteiger partial charge in [0.2, 0.25) is 5.91 Å². The van der Waals surface area contributed by atoms with Crippen LogP contribution in [0.25, 0.3) is 0 Å². The Bertz CT molecular complexity index is 893. The lowest BCUT2D eigenvalue weighted by Crippen LogP contribution is -2.34. The zero-order chi connectivity index (χ0) is 21.6. The van der Waals surface area contributed by atoms with Crippen molar-refractivity contribution in [2.45, 2.75) is 19.5 Å². The standard InChI is InChI=1S/C18H17ClF3N3O4/c1-24(10-13-8-14(25(27)28)6-7-15(13)19)11-17(26)23-9-12-4-2-3-5-16(12)29-18(20,21)22/h2-8H,9-11H2,1H3,(H,23,26). The van der Waals surface area contributed by atoms with Gasteiger partial charge < -0.3 is 10.1 Å². The van der Waals surface area contributed by atoms with E-state index < -0.39 is 22.9 Å². The van der Waals surface area contributed by atoms with Gasteiger partial charge >= 0.3 is 6.36 Å². The average Bonchev–Trinajstić information content (AvgIpc) is 2.61. The fraction of sp³-hybridized carbons (Fsp3) is 0.278. The van der Waals surface area contributed by atoms with Gasteiger partial charge in [0, 0.05) is 35.8 Å². The highest BCUT2D eigenvalue weighted by atomic mass is 35.5. The first-order valence-corrected chi connectivity index (χ1v) is 8.64. The molecule has 7 nitrogen and oxygen atoms in total. The second-order valence-electron chi connectivity index (χ2n) is 6.14. The lowest BCUT2D eigenvalue weighted by Gasteiger charge is -2.18. The number of nitrogens with zero attached hydrogens (tertiary/aromatic N) is 2. The van der Waals surface area contributed by atoms with Gasteiger partial charge in [0.05, 0.1) is 11.5 Å². The van der Waals surface area contributed by atoms with Crippen LogP contribution in [0.4, 0.5) is 18.9 Å². The van der Waals surface area contributed by atoms with E-state index in [0.717, 1.165) is 6.07 Å². The summed E-state index contributed by atoms with van der Waals surface area (Å²) in [5.74, 6) is -0.840. The SMILES string of the molecule is CN(CC(=O)NCc1ccccc1OC(F)(F)F)Cc1cc([N+](=O)[O-])ccc1Cl. The Morgan fingerprint density at radius 3 is 2.59 bits per heavy atom. The molecule has 11 heteroatoms. The minimum Gasteiger partial charge on any atom is -0.405 e. The number of rotatable bonds is 8. The number of nitrogens with one attached hydrogen (secondary N) is 1. The Balaban J connectivity index is 1.93. The van der Waals surface area contributed by atoms with Crippen LogP contribution in [-0.4, -0.2) is 35.7 Å². The minimum atomic E-state index is -4.84. The van der Waals surface area contributed by atoms with Crippen LogP contribution in [0.3, 0.4) is 0 Å². The minimum absolute atomic E-state index is 0.0959. The zero-order valence-electron chi connectivity index (χ0n) is 15.2. The number of carbonyl (C=O) groups is 1. The number of para-hydroxylation sites is 1. The van der Waals surface area contributed by atoms with Gasteiger partial charge in [-0.1, -0.05) is 29.8 Å². The molecule has 0 atom stereocenters. The number of amides is 1. The number of carbonyl (C=O) groups excluding carboxylic acids is 1. The van der Waals surface area contributed by atoms with Crippen LogP contribution in [0.1, 0.15) is 11.1 Å². The number of likely N-dealkylation sites (N-methyl/N-ethyl adjacent to an activating group) is 1. The van der Waals surface area contributed by atoms with Crippen LogP contribution in [0, 0.1) is 10.1 Å². The summed E-state index contributed by atoms with van der Waals surface area (Å²) in [6.45, 7) is -0.0838. The molecule has 156 valence electrons. The number of hydrogen-bond donors (Lipinski definition) is 1. The molecule has 0 saturated carbocycles. The quantitative estimate of drug-likeness (QED) is 0.506. The summed E-state index contributed by atoms with van der Waals surface area (Å²) in [6, 6.07) is 9.49. The van der Waals surface area contributed by atoms with Gasteiger partial charge in [-0.25, -0.2) is 0 Å². The third-order valence-electron chi connectivity index (χ3n) is 3.77. The Morgan fingerprint density at radius 2 is 1.93 bits per heavy atom. The number of alkyl halides is 3. The Morgan fingerprint density at radius 1 is 1.24 bits per heavy atom. The third-order valence-corrected chi connectivity index (χ3v) is 4.14. The molecular weight excluding hydrogens is 415 g/mol. The summed E-state index contributed by atoms with van der Waals surface area (Å²) in [5, 5.41) is 13.7. The maximum absolute atomic E-state index is 12.4. The van der Waals surface area contributed by atoms with Crippen LogP contribution in [0.15, 0.2) is 42.5 Å². The highest BCUT2D eigenvalue weighted by molar-refractivity contribution is 6.31. The van der Waals surface area contributed by atoms with Crippen LogP contribution in [-0.2, 0) is 17.9 Å².